The number of hydrogen-bond acceptors (Lipinski definition) is 9. The summed E-state index contributed by atoms with van der Waals surface area (Å²) in [5, 5.41) is 8.87. The summed E-state index contributed by atoms with van der Waals surface area (Å²) in [6.45, 7) is 10.4. The zero-order chi connectivity index (χ0) is 35.0. The highest BCUT2D eigenvalue weighted by molar-refractivity contribution is 5.91. The number of unbranched alkanes of at least 4 members (excludes halogenated alkanes) is 6. The molecule has 0 saturated carbocycles. The number of aliphatic hydroxyl groups excluding tert-OH is 1. The lowest BCUT2D eigenvalue weighted by atomic mass is 9.99. The number of rotatable bonds is 21. The quantitative estimate of drug-likeness (QED) is 0.0526. The second-order valence-electron chi connectivity index (χ2n) is 11.9. The van der Waals surface area contributed by atoms with Crippen molar-refractivity contribution >= 4 is 17.9 Å². The highest BCUT2D eigenvalue weighted by Gasteiger charge is 2.27. The Bertz CT molecular complexity index is 1590. The van der Waals surface area contributed by atoms with E-state index in [1.54, 1.807) is 24.3 Å². The van der Waals surface area contributed by atoms with Crippen LogP contribution in [0.1, 0.15) is 85.7 Å². The van der Waals surface area contributed by atoms with Gasteiger partial charge in [-0.1, -0.05) is 32.2 Å². The third kappa shape index (κ3) is 11.1. The van der Waals surface area contributed by atoms with Gasteiger partial charge in [0.25, 0.3) is 0 Å². The van der Waals surface area contributed by atoms with Gasteiger partial charge < -0.3 is 28.8 Å². The van der Waals surface area contributed by atoms with E-state index in [1.807, 2.05) is 24.3 Å². The number of carbonyl (C=O) groups excluding carboxylic acids is 3. The third-order valence-electron chi connectivity index (χ3n) is 8.31. The maximum Gasteiger partial charge on any atom is 0.343 e. The summed E-state index contributed by atoms with van der Waals surface area (Å²) in [5.74, 6) is 0.737. The molecule has 0 radical (unpaired) electrons. The Morgan fingerprint density at radius 1 is 0.694 bits per heavy atom. The molecule has 9 nitrogen and oxygen atoms in total. The lowest BCUT2D eigenvalue weighted by molar-refractivity contribution is -0.140. The smallest absolute Gasteiger partial charge is 0.343 e. The fraction of sp³-hybridized carbons (Fsp3) is 0.375. The van der Waals surface area contributed by atoms with Crippen molar-refractivity contribution in [2.75, 3.05) is 33.0 Å². The van der Waals surface area contributed by atoms with E-state index >= 15 is 0 Å². The van der Waals surface area contributed by atoms with Crippen molar-refractivity contribution in [3.05, 3.63) is 102 Å². The maximum atomic E-state index is 12.9. The van der Waals surface area contributed by atoms with E-state index in [0.29, 0.717) is 43.5 Å². The first-order valence-corrected chi connectivity index (χ1v) is 16.9. The first kappa shape index (κ1) is 36.9. The number of fused-ring (bicyclic) bond motifs is 3. The summed E-state index contributed by atoms with van der Waals surface area (Å²) in [7, 11) is 0. The second kappa shape index (κ2) is 19.2. The van der Waals surface area contributed by atoms with Crippen molar-refractivity contribution in [2.24, 2.45) is 0 Å². The summed E-state index contributed by atoms with van der Waals surface area (Å²) in [4.78, 5) is 35.5. The Balaban J connectivity index is 1.17. The van der Waals surface area contributed by atoms with Crippen molar-refractivity contribution in [2.45, 2.75) is 64.2 Å². The summed E-state index contributed by atoms with van der Waals surface area (Å²) in [5.41, 5.74) is 5.06. The Kier molecular flexibility index (Phi) is 14.5. The standard InChI is InChI=1S/C40H46O9/c1-4-38(42)47-23-11-7-5-10-22-46-32-17-19-34-35-20-18-33(26-37(35)29(3)36(34)25-32)49-40(44)30-13-15-31(16-14-30)45-21-9-6-8-12-24-48-39(43)28(2)27-41/h4,13-20,25-26,29,41H,1-2,5-12,21-24,27H2,3H3. The highest BCUT2D eigenvalue weighted by Crippen LogP contribution is 2.47. The number of hydrogen-bond donors (Lipinski definition) is 1. The van der Waals surface area contributed by atoms with Gasteiger partial charge in [-0.3, -0.25) is 0 Å². The summed E-state index contributed by atoms with van der Waals surface area (Å²) < 4.78 is 27.6. The molecule has 0 saturated heterocycles. The molecule has 0 heterocycles. The molecule has 1 aliphatic rings. The van der Waals surface area contributed by atoms with Crippen LogP contribution in [0.3, 0.4) is 0 Å². The van der Waals surface area contributed by atoms with E-state index < -0.39 is 18.5 Å². The molecule has 49 heavy (non-hydrogen) atoms. The number of ether oxygens (including phenoxy) is 5. The van der Waals surface area contributed by atoms with E-state index in [4.69, 9.17) is 28.8 Å². The molecule has 1 aliphatic carbocycles. The normalized spacial score (nSPS) is 12.7. The topological polar surface area (TPSA) is 118 Å². The molecule has 260 valence electrons. The Morgan fingerprint density at radius 3 is 1.80 bits per heavy atom. The monoisotopic (exact) mass is 670 g/mol. The Labute approximate surface area is 288 Å². The first-order valence-electron chi connectivity index (χ1n) is 16.9. The van der Waals surface area contributed by atoms with Gasteiger partial charge in [-0.15, -0.1) is 0 Å². The average molecular weight is 671 g/mol. The molecule has 3 aromatic carbocycles. The SMILES string of the molecule is C=CC(=O)OCCCCCCOc1ccc2c(c1)C(C)c1cc(OC(=O)c3ccc(OCCCCCCOC(=O)C(=C)CO)cc3)ccc1-2. The van der Waals surface area contributed by atoms with Gasteiger partial charge in [0, 0.05) is 12.0 Å². The van der Waals surface area contributed by atoms with E-state index in [-0.39, 0.29) is 17.5 Å². The van der Waals surface area contributed by atoms with Crippen molar-refractivity contribution < 1.29 is 43.2 Å². The molecule has 0 aliphatic heterocycles. The van der Waals surface area contributed by atoms with Gasteiger partial charge in [-0.25, -0.2) is 14.4 Å². The third-order valence-corrected chi connectivity index (χ3v) is 8.31. The number of benzene rings is 3. The van der Waals surface area contributed by atoms with E-state index in [9.17, 15) is 14.4 Å². The first-order chi connectivity index (χ1) is 23.8. The predicted molar refractivity (Wildman–Crippen MR) is 187 cm³/mol. The van der Waals surface area contributed by atoms with Crippen LogP contribution in [0.15, 0.2) is 85.5 Å². The van der Waals surface area contributed by atoms with E-state index in [1.165, 1.54) is 11.6 Å². The van der Waals surface area contributed by atoms with Crippen LogP contribution < -0.4 is 14.2 Å². The van der Waals surface area contributed by atoms with Crippen molar-refractivity contribution in [3.63, 3.8) is 0 Å². The molecule has 1 unspecified atom stereocenters. The minimum absolute atomic E-state index is 0.0571. The fourth-order valence-corrected chi connectivity index (χ4v) is 5.52. The van der Waals surface area contributed by atoms with Gasteiger partial charge in [0.2, 0.25) is 0 Å². The van der Waals surface area contributed by atoms with Crippen molar-refractivity contribution in [3.8, 4) is 28.4 Å². The summed E-state index contributed by atoms with van der Waals surface area (Å²) in [6, 6.07) is 18.9. The van der Waals surface area contributed by atoms with Crippen molar-refractivity contribution in [1.29, 1.82) is 0 Å². The summed E-state index contributed by atoms with van der Waals surface area (Å²) in [6.07, 6.45) is 8.26. The highest BCUT2D eigenvalue weighted by atomic mass is 16.5. The number of carbonyl (C=O) groups is 3. The predicted octanol–water partition coefficient (Wildman–Crippen LogP) is 7.74. The van der Waals surface area contributed by atoms with Crippen LogP contribution in [0.4, 0.5) is 0 Å². The number of esters is 3. The lowest BCUT2D eigenvalue weighted by Crippen LogP contribution is -2.10. The van der Waals surface area contributed by atoms with Crippen LogP contribution in [0, 0.1) is 0 Å². The van der Waals surface area contributed by atoms with Crippen LogP contribution in [0.5, 0.6) is 17.2 Å². The maximum absolute atomic E-state index is 12.9. The number of aliphatic hydroxyl groups is 1. The molecular weight excluding hydrogens is 624 g/mol. The van der Waals surface area contributed by atoms with Gasteiger partial charge in [0.05, 0.1) is 44.2 Å². The van der Waals surface area contributed by atoms with Crippen LogP contribution in [-0.4, -0.2) is 56.0 Å². The molecule has 0 amide bonds. The van der Waals surface area contributed by atoms with Gasteiger partial charge in [0.1, 0.15) is 17.2 Å². The molecule has 0 aromatic heterocycles. The van der Waals surface area contributed by atoms with Gasteiger partial charge in [-0.2, -0.15) is 0 Å². The molecule has 9 heteroatoms. The van der Waals surface area contributed by atoms with Crippen LogP contribution >= 0.6 is 0 Å². The van der Waals surface area contributed by atoms with E-state index in [0.717, 1.165) is 73.8 Å². The molecular formula is C40H46O9. The molecule has 3 aromatic rings. The zero-order valence-electron chi connectivity index (χ0n) is 28.2. The fourth-order valence-electron chi connectivity index (χ4n) is 5.52. The Morgan fingerprint density at radius 2 is 1.20 bits per heavy atom. The van der Waals surface area contributed by atoms with E-state index in [2.05, 4.69) is 32.2 Å². The van der Waals surface area contributed by atoms with Gasteiger partial charge >= 0.3 is 17.9 Å². The van der Waals surface area contributed by atoms with Crippen LogP contribution in [0.2, 0.25) is 0 Å². The molecule has 1 N–H and O–H groups in total. The molecule has 4 rings (SSSR count). The minimum Gasteiger partial charge on any atom is -0.494 e. The van der Waals surface area contributed by atoms with Crippen LogP contribution in [0.25, 0.3) is 11.1 Å². The van der Waals surface area contributed by atoms with Crippen molar-refractivity contribution in [1.82, 2.24) is 0 Å². The Hall–Kier alpha value is -4.89. The van der Waals surface area contributed by atoms with Crippen LogP contribution in [-0.2, 0) is 19.1 Å². The zero-order valence-corrected chi connectivity index (χ0v) is 28.2. The largest absolute Gasteiger partial charge is 0.494 e. The second-order valence-corrected chi connectivity index (χ2v) is 11.9. The molecule has 0 fully saturated rings. The minimum atomic E-state index is -0.560. The van der Waals surface area contributed by atoms with Gasteiger partial charge in [-0.05, 0) is 122 Å². The molecule has 0 bridgehead atoms. The lowest BCUT2D eigenvalue weighted by Gasteiger charge is -2.11. The average Bonchev–Trinajstić information content (AvgIpc) is 3.39. The summed E-state index contributed by atoms with van der Waals surface area (Å²) >= 11 is 0. The van der Waals surface area contributed by atoms with Gasteiger partial charge in [0.15, 0.2) is 0 Å². The molecule has 0 spiro atoms. The molecule has 1 atom stereocenters.